The normalized spacial score (nSPS) is 15.0. The average Bonchev–Trinajstić information content (AvgIpc) is 3.30. The van der Waals surface area contributed by atoms with Gasteiger partial charge in [0, 0.05) is 24.9 Å². The molecule has 8 heteroatoms. The van der Waals surface area contributed by atoms with Crippen LogP contribution in [0.4, 0.5) is 5.69 Å². The molecule has 196 valence electrons. The molecule has 0 saturated carbocycles. The van der Waals surface area contributed by atoms with Crippen LogP contribution in [0.3, 0.4) is 0 Å². The Hall–Kier alpha value is -3.94. The van der Waals surface area contributed by atoms with Crippen molar-refractivity contribution in [3.63, 3.8) is 0 Å². The fourth-order valence-electron chi connectivity index (χ4n) is 4.98. The molecule has 1 heterocycles. The molecule has 8 nitrogen and oxygen atoms in total. The first-order chi connectivity index (χ1) is 17.9. The molecule has 0 saturated heterocycles. The molecule has 2 N–H and O–H groups in total. The van der Waals surface area contributed by atoms with E-state index in [1.807, 2.05) is 31.2 Å². The summed E-state index contributed by atoms with van der Waals surface area (Å²) in [6.45, 7) is 3.52. The van der Waals surface area contributed by atoms with E-state index in [9.17, 15) is 9.59 Å². The summed E-state index contributed by atoms with van der Waals surface area (Å²) in [5.74, 6) is 2.32. The Kier molecular flexibility index (Phi) is 8.06. The molecule has 2 aromatic carbocycles. The lowest BCUT2D eigenvalue weighted by atomic mass is 9.95. The summed E-state index contributed by atoms with van der Waals surface area (Å²) >= 11 is 0. The Balaban J connectivity index is 1.82. The van der Waals surface area contributed by atoms with Crippen molar-refractivity contribution in [1.29, 1.82) is 0 Å². The predicted octanol–water partition coefficient (Wildman–Crippen LogP) is 4.89. The summed E-state index contributed by atoms with van der Waals surface area (Å²) in [5, 5.41) is 6.40. The number of amides is 1. The van der Waals surface area contributed by atoms with Gasteiger partial charge in [-0.15, -0.1) is 0 Å². The summed E-state index contributed by atoms with van der Waals surface area (Å²) < 4.78 is 22.5. The number of hydrogen-bond donors (Lipinski definition) is 2. The van der Waals surface area contributed by atoms with E-state index >= 15 is 0 Å². The number of carbonyl (C=O) groups excluding carboxylic acids is 1. The van der Waals surface area contributed by atoms with Gasteiger partial charge in [0.15, 0.2) is 11.5 Å². The summed E-state index contributed by atoms with van der Waals surface area (Å²) in [4.78, 5) is 25.5. The zero-order valence-electron chi connectivity index (χ0n) is 22.0. The molecular weight excluding hydrogens is 472 g/mol. The summed E-state index contributed by atoms with van der Waals surface area (Å²) in [6.07, 6.45) is 4.49. The maximum absolute atomic E-state index is 13.4. The number of benzene rings is 1. The lowest BCUT2D eigenvalue weighted by Crippen LogP contribution is -2.26. The summed E-state index contributed by atoms with van der Waals surface area (Å²) in [7, 11) is 4.74. The highest BCUT2D eigenvalue weighted by atomic mass is 16.5. The molecule has 3 aromatic rings. The zero-order valence-corrected chi connectivity index (χ0v) is 22.0. The molecule has 0 spiro atoms. The second kappa shape index (κ2) is 11.4. The third kappa shape index (κ3) is 5.58. The number of furan rings is 1. The van der Waals surface area contributed by atoms with Gasteiger partial charge in [-0.2, -0.15) is 0 Å². The van der Waals surface area contributed by atoms with Crippen LogP contribution in [0.1, 0.15) is 49.6 Å². The number of fused-ring (bicyclic) bond motifs is 3. The van der Waals surface area contributed by atoms with Crippen LogP contribution in [0.15, 0.2) is 51.9 Å². The highest BCUT2D eigenvalue weighted by Crippen LogP contribution is 2.50. The van der Waals surface area contributed by atoms with Crippen LogP contribution in [-0.4, -0.2) is 33.3 Å². The van der Waals surface area contributed by atoms with E-state index in [-0.39, 0.29) is 23.4 Å². The summed E-state index contributed by atoms with van der Waals surface area (Å²) in [5.41, 5.74) is 3.70. The van der Waals surface area contributed by atoms with E-state index in [1.54, 1.807) is 39.7 Å². The molecule has 0 aliphatic heterocycles. The van der Waals surface area contributed by atoms with E-state index < -0.39 is 0 Å². The van der Waals surface area contributed by atoms with E-state index in [2.05, 4.69) is 10.6 Å². The largest absolute Gasteiger partial charge is 0.493 e. The molecule has 0 radical (unpaired) electrons. The van der Waals surface area contributed by atoms with Crippen molar-refractivity contribution in [2.45, 2.75) is 51.6 Å². The van der Waals surface area contributed by atoms with E-state index in [0.717, 1.165) is 40.9 Å². The van der Waals surface area contributed by atoms with Gasteiger partial charge >= 0.3 is 0 Å². The average molecular weight is 507 g/mol. The number of carbonyl (C=O) groups is 1. The maximum atomic E-state index is 13.4. The van der Waals surface area contributed by atoms with Crippen molar-refractivity contribution in [2.24, 2.45) is 0 Å². The van der Waals surface area contributed by atoms with E-state index in [1.165, 1.54) is 6.92 Å². The van der Waals surface area contributed by atoms with E-state index in [4.69, 9.17) is 18.6 Å². The van der Waals surface area contributed by atoms with Crippen molar-refractivity contribution < 1.29 is 23.4 Å². The minimum atomic E-state index is -0.342. The van der Waals surface area contributed by atoms with Gasteiger partial charge in [0.1, 0.15) is 5.76 Å². The molecular formula is C29H34N2O6. The van der Waals surface area contributed by atoms with Crippen LogP contribution in [-0.2, 0) is 17.6 Å². The van der Waals surface area contributed by atoms with Crippen molar-refractivity contribution in [1.82, 2.24) is 5.32 Å². The van der Waals surface area contributed by atoms with Crippen molar-refractivity contribution in [3.8, 4) is 28.4 Å². The topological polar surface area (TPSA) is 99.0 Å². The van der Waals surface area contributed by atoms with Crippen LogP contribution >= 0.6 is 0 Å². The Labute approximate surface area is 216 Å². The standard InChI is InChI=1S/C29H34N2O6/c1-17(8-10-20-7-6-14-37-20)30-24-13-11-21-22(16-25(24)33)23(31-18(2)32)12-9-19-15-26(34-3)28(35-4)29(36-5)27(19)21/h6-7,11,13-17,23H,8-10,12H2,1-5H3,(H,30,33)(H,31,32)/t17-,23-/m0/s1. The van der Waals surface area contributed by atoms with Gasteiger partial charge < -0.3 is 29.3 Å². The van der Waals surface area contributed by atoms with Crippen LogP contribution in [0.25, 0.3) is 11.1 Å². The molecule has 1 aromatic heterocycles. The monoisotopic (exact) mass is 506 g/mol. The second-order valence-electron chi connectivity index (χ2n) is 9.26. The number of hydrogen-bond acceptors (Lipinski definition) is 7. The van der Waals surface area contributed by atoms with Gasteiger partial charge in [-0.25, -0.2) is 0 Å². The smallest absolute Gasteiger partial charge is 0.217 e. The van der Waals surface area contributed by atoms with Gasteiger partial charge in [0.2, 0.25) is 17.1 Å². The number of rotatable bonds is 9. The summed E-state index contributed by atoms with van der Waals surface area (Å²) in [6, 6.07) is 10.8. The fraction of sp³-hybridized carbons (Fsp3) is 0.379. The minimum absolute atomic E-state index is 0.0392. The van der Waals surface area contributed by atoms with Gasteiger partial charge in [-0.3, -0.25) is 9.59 Å². The SMILES string of the molecule is COc1cc2c(c(OC)c1OC)-c1ccc(N[C@@H](C)CCc3ccco3)c(=O)cc1[C@@H](NC(C)=O)CC2. The number of nitrogens with one attached hydrogen (secondary N) is 2. The van der Waals surface area contributed by atoms with Crippen molar-refractivity contribution in [3.05, 3.63) is 69.8 Å². The highest BCUT2D eigenvalue weighted by molar-refractivity contribution is 5.83. The molecule has 1 aliphatic rings. The van der Waals surface area contributed by atoms with Gasteiger partial charge in [0.05, 0.1) is 39.3 Å². The van der Waals surface area contributed by atoms with Crippen LogP contribution in [0, 0.1) is 0 Å². The number of anilines is 1. The lowest BCUT2D eigenvalue weighted by molar-refractivity contribution is -0.119. The maximum Gasteiger partial charge on any atom is 0.217 e. The molecule has 1 aliphatic carbocycles. The first-order valence-electron chi connectivity index (χ1n) is 12.4. The fourth-order valence-corrected chi connectivity index (χ4v) is 4.98. The number of methoxy groups -OCH3 is 3. The number of aryl methyl sites for hydroxylation is 2. The molecule has 0 unspecified atom stereocenters. The Bertz CT molecular complexity index is 1320. The van der Waals surface area contributed by atoms with Crippen molar-refractivity contribution in [2.75, 3.05) is 26.6 Å². The first-order valence-corrected chi connectivity index (χ1v) is 12.4. The third-order valence-electron chi connectivity index (χ3n) is 6.72. The molecule has 2 atom stereocenters. The predicted molar refractivity (Wildman–Crippen MR) is 143 cm³/mol. The Morgan fingerprint density at radius 2 is 1.89 bits per heavy atom. The van der Waals surface area contributed by atoms with Crippen LogP contribution in [0.5, 0.6) is 17.2 Å². The second-order valence-corrected chi connectivity index (χ2v) is 9.26. The van der Waals surface area contributed by atoms with E-state index in [0.29, 0.717) is 35.8 Å². The first kappa shape index (κ1) is 26.1. The molecule has 0 fully saturated rings. The molecule has 37 heavy (non-hydrogen) atoms. The quantitative estimate of drug-likeness (QED) is 0.426. The molecule has 4 rings (SSSR count). The lowest BCUT2D eigenvalue weighted by Gasteiger charge is -2.19. The molecule has 0 bridgehead atoms. The molecule has 1 amide bonds. The minimum Gasteiger partial charge on any atom is -0.493 e. The zero-order chi connectivity index (χ0) is 26.5. The Morgan fingerprint density at radius 3 is 2.54 bits per heavy atom. The van der Waals surface area contributed by atoms with Gasteiger partial charge in [-0.1, -0.05) is 6.07 Å². The van der Waals surface area contributed by atoms with Gasteiger partial charge in [-0.05, 0) is 73.2 Å². The third-order valence-corrected chi connectivity index (χ3v) is 6.72. The highest BCUT2D eigenvalue weighted by Gasteiger charge is 2.29. The van der Waals surface area contributed by atoms with Gasteiger partial charge in [0.25, 0.3) is 0 Å². The van der Waals surface area contributed by atoms with Crippen molar-refractivity contribution >= 4 is 11.6 Å². The van der Waals surface area contributed by atoms with Crippen LogP contribution < -0.4 is 30.3 Å². The Morgan fingerprint density at radius 1 is 1.11 bits per heavy atom. The van der Waals surface area contributed by atoms with Crippen LogP contribution in [0.2, 0.25) is 0 Å². The number of ether oxygens (including phenoxy) is 3.